The van der Waals surface area contributed by atoms with E-state index in [2.05, 4.69) is 0 Å². The monoisotopic (exact) mass is 501 g/mol. The van der Waals surface area contributed by atoms with E-state index in [0.29, 0.717) is 18.5 Å². The molecule has 0 radical (unpaired) electrons. The zero-order chi connectivity index (χ0) is 24.2. The maximum atomic E-state index is 13.4. The molecule has 1 unspecified atom stereocenters. The van der Waals surface area contributed by atoms with Crippen LogP contribution in [0.3, 0.4) is 0 Å². The van der Waals surface area contributed by atoms with Crippen LogP contribution in [0, 0.1) is 0 Å². The molecule has 4 rings (SSSR count). The number of halogens is 3. The van der Waals surface area contributed by atoms with Crippen molar-refractivity contribution in [3.63, 3.8) is 0 Å². The molecule has 0 spiro atoms. The van der Waals surface area contributed by atoms with Gasteiger partial charge >= 0.3 is 5.97 Å². The summed E-state index contributed by atoms with van der Waals surface area (Å²) < 4.78 is 63.6. The van der Waals surface area contributed by atoms with E-state index in [1.165, 1.54) is 23.6 Å². The second kappa shape index (κ2) is 8.39. The predicted octanol–water partition coefficient (Wildman–Crippen LogP) is 4.56. The largest absolute Gasteiger partial charge is 0.486 e. The minimum absolute atomic E-state index is 0.0665. The highest BCUT2D eigenvalue weighted by Gasteiger charge is 2.41. The fraction of sp³-hybridized carbons (Fsp3) is 0.455. The highest BCUT2D eigenvalue weighted by molar-refractivity contribution is 7.92. The van der Waals surface area contributed by atoms with Crippen LogP contribution in [0.1, 0.15) is 60.8 Å². The van der Waals surface area contributed by atoms with Crippen LogP contribution in [0.2, 0.25) is 5.02 Å². The van der Waals surface area contributed by atoms with Crippen LogP contribution in [0.4, 0.5) is 8.78 Å². The summed E-state index contributed by atoms with van der Waals surface area (Å²) in [6.45, 7) is 3.80. The van der Waals surface area contributed by atoms with Crippen LogP contribution in [0.25, 0.3) is 11.3 Å². The molecule has 1 aliphatic heterocycles. The first-order valence-electron chi connectivity index (χ1n) is 10.4. The number of esters is 1. The summed E-state index contributed by atoms with van der Waals surface area (Å²) in [6.07, 6.45) is -1.85. The van der Waals surface area contributed by atoms with Crippen LogP contribution in [-0.4, -0.2) is 38.1 Å². The minimum Gasteiger partial charge on any atom is -0.486 e. The van der Waals surface area contributed by atoms with Crippen molar-refractivity contribution in [2.24, 2.45) is 0 Å². The van der Waals surface area contributed by atoms with E-state index in [0.717, 1.165) is 6.07 Å². The molecule has 33 heavy (non-hydrogen) atoms. The van der Waals surface area contributed by atoms with Gasteiger partial charge in [0.15, 0.2) is 9.84 Å². The van der Waals surface area contributed by atoms with Gasteiger partial charge in [-0.2, -0.15) is 0 Å². The molecule has 11 heteroatoms. The Bertz CT molecular complexity index is 1300. The number of hydrogen-bond donors (Lipinski definition) is 0. The SMILES string of the molecule is CC(C)OC(=O)c1cc2c(n(C3CC3)c1=O)-c1cc(Cl)c(OCC(F)F)cc1S(=O)(=O)C2C. The molecule has 1 aromatic heterocycles. The van der Waals surface area contributed by atoms with Crippen LogP contribution < -0.4 is 10.3 Å². The Labute approximate surface area is 194 Å². The quantitative estimate of drug-likeness (QED) is 0.539. The van der Waals surface area contributed by atoms with Crippen LogP contribution in [-0.2, 0) is 14.6 Å². The lowest BCUT2D eigenvalue weighted by Crippen LogP contribution is -2.33. The molecule has 1 saturated carbocycles. The van der Waals surface area contributed by atoms with Gasteiger partial charge < -0.3 is 14.0 Å². The van der Waals surface area contributed by atoms with Gasteiger partial charge in [-0.3, -0.25) is 4.79 Å². The fourth-order valence-corrected chi connectivity index (χ4v) is 5.78. The molecule has 2 aromatic rings. The number of ether oxygens (including phenoxy) is 2. The van der Waals surface area contributed by atoms with Crippen molar-refractivity contribution in [2.75, 3.05) is 6.61 Å². The van der Waals surface area contributed by atoms with Gasteiger partial charge in [-0.05, 0) is 51.3 Å². The highest BCUT2D eigenvalue weighted by atomic mass is 35.5. The zero-order valence-electron chi connectivity index (χ0n) is 18.1. The summed E-state index contributed by atoms with van der Waals surface area (Å²) >= 11 is 6.24. The number of alkyl halides is 2. The lowest BCUT2D eigenvalue weighted by Gasteiger charge is -2.29. The van der Waals surface area contributed by atoms with E-state index in [9.17, 15) is 26.8 Å². The van der Waals surface area contributed by atoms with Gasteiger partial charge in [0.25, 0.3) is 12.0 Å². The average molecular weight is 502 g/mol. The summed E-state index contributed by atoms with van der Waals surface area (Å²) in [7, 11) is -4.01. The molecule has 0 bridgehead atoms. The van der Waals surface area contributed by atoms with Crippen molar-refractivity contribution in [1.29, 1.82) is 0 Å². The first-order valence-corrected chi connectivity index (χ1v) is 12.3. The molecular weight excluding hydrogens is 480 g/mol. The van der Waals surface area contributed by atoms with Crippen LogP contribution in [0.15, 0.2) is 27.9 Å². The van der Waals surface area contributed by atoms with E-state index in [1.807, 2.05) is 0 Å². The third-order valence-corrected chi connectivity index (χ3v) is 8.03. The normalized spacial score (nSPS) is 18.7. The van der Waals surface area contributed by atoms with E-state index in [-0.39, 0.29) is 38.4 Å². The first kappa shape index (κ1) is 23.7. The molecule has 1 atom stereocenters. The number of carbonyl (C=O) groups is 1. The first-order chi connectivity index (χ1) is 15.4. The molecule has 0 amide bonds. The van der Waals surface area contributed by atoms with Crippen molar-refractivity contribution in [3.05, 3.63) is 44.7 Å². The van der Waals surface area contributed by atoms with Crippen molar-refractivity contribution in [2.45, 2.75) is 62.3 Å². The van der Waals surface area contributed by atoms with E-state index in [1.54, 1.807) is 13.8 Å². The lowest BCUT2D eigenvalue weighted by atomic mass is 9.99. The third kappa shape index (κ3) is 4.14. The number of rotatable bonds is 6. The zero-order valence-corrected chi connectivity index (χ0v) is 19.7. The highest BCUT2D eigenvalue weighted by Crippen LogP contribution is 2.49. The number of aromatic nitrogens is 1. The summed E-state index contributed by atoms with van der Waals surface area (Å²) in [5, 5.41) is -1.18. The molecule has 1 aliphatic carbocycles. The van der Waals surface area contributed by atoms with Crippen molar-refractivity contribution >= 4 is 27.4 Å². The molecule has 1 aromatic carbocycles. The molecule has 0 N–H and O–H groups in total. The maximum Gasteiger partial charge on any atom is 0.344 e. The molecule has 7 nitrogen and oxygen atoms in total. The molecule has 1 fully saturated rings. The summed E-state index contributed by atoms with van der Waals surface area (Å²) in [5.41, 5.74) is -0.00754. The second-order valence-electron chi connectivity index (χ2n) is 8.39. The van der Waals surface area contributed by atoms with Gasteiger partial charge in [0.05, 0.1) is 27.0 Å². The van der Waals surface area contributed by atoms with Crippen molar-refractivity contribution in [1.82, 2.24) is 4.57 Å². The number of sulfone groups is 1. The second-order valence-corrected chi connectivity index (χ2v) is 11.0. The summed E-state index contributed by atoms with van der Waals surface area (Å²) in [6, 6.07) is 3.51. The standard InChI is InChI=1S/C22H22ClF2NO6S/c1-10(2)32-22(28)15-6-13-11(3)33(29,30)18-8-17(31-9-19(24)25)16(23)7-14(18)20(13)26(21(15)27)12-4-5-12/h6-8,10-12,19H,4-5,9H2,1-3H3. The molecule has 178 valence electrons. The van der Waals surface area contributed by atoms with Crippen molar-refractivity contribution < 1.29 is 31.5 Å². The third-order valence-electron chi connectivity index (χ3n) is 5.60. The van der Waals surface area contributed by atoms with Gasteiger partial charge in [-0.1, -0.05) is 11.6 Å². The number of benzene rings is 1. The smallest absolute Gasteiger partial charge is 0.344 e. The van der Waals surface area contributed by atoms with Crippen LogP contribution >= 0.6 is 11.6 Å². The van der Waals surface area contributed by atoms with Crippen molar-refractivity contribution in [3.8, 4) is 17.0 Å². The fourth-order valence-electron chi connectivity index (χ4n) is 3.93. The van der Waals surface area contributed by atoms with Gasteiger partial charge in [0, 0.05) is 17.7 Å². The Balaban J connectivity index is 1.99. The Kier molecular flexibility index (Phi) is 6.03. The predicted molar refractivity (Wildman–Crippen MR) is 117 cm³/mol. The minimum atomic E-state index is -4.01. The number of nitrogens with zero attached hydrogens (tertiary/aromatic N) is 1. The Hall–Kier alpha value is -2.46. The summed E-state index contributed by atoms with van der Waals surface area (Å²) in [4.78, 5) is 25.8. The van der Waals surface area contributed by atoms with Gasteiger partial charge in [0.2, 0.25) is 0 Å². The number of hydrogen-bond acceptors (Lipinski definition) is 6. The topological polar surface area (TPSA) is 91.7 Å². The lowest BCUT2D eigenvalue weighted by molar-refractivity contribution is 0.0375. The summed E-state index contributed by atoms with van der Waals surface area (Å²) in [5.74, 6) is -1.01. The number of pyridine rings is 1. The van der Waals surface area contributed by atoms with E-state index >= 15 is 0 Å². The van der Waals surface area contributed by atoms with Gasteiger partial charge in [0.1, 0.15) is 17.9 Å². The average Bonchev–Trinajstić information content (AvgIpc) is 3.55. The number of carbonyl (C=O) groups excluding carboxylic acids is 1. The van der Waals surface area contributed by atoms with Gasteiger partial charge in [-0.15, -0.1) is 0 Å². The molecule has 2 aliphatic rings. The Morgan fingerprint density at radius 3 is 2.48 bits per heavy atom. The Morgan fingerprint density at radius 2 is 1.91 bits per heavy atom. The van der Waals surface area contributed by atoms with Crippen LogP contribution in [0.5, 0.6) is 5.75 Å². The van der Waals surface area contributed by atoms with Gasteiger partial charge in [-0.25, -0.2) is 22.0 Å². The maximum absolute atomic E-state index is 13.4. The Morgan fingerprint density at radius 1 is 1.24 bits per heavy atom. The molecule has 0 saturated heterocycles. The molecular formula is C22H22ClF2NO6S. The van der Waals surface area contributed by atoms with E-state index in [4.69, 9.17) is 21.1 Å². The molecule has 2 heterocycles. The van der Waals surface area contributed by atoms with E-state index < -0.39 is 45.8 Å². The number of fused-ring (bicyclic) bond motifs is 3.